The molecule has 0 aliphatic carbocycles. The van der Waals surface area contributed by atoms with Crippen molar-refractivity contribution < 1.29 is 14.7 Å². The lowest BCUT2D eigenvalue weighted by Crippen LogP contribution is -2.26. The van der Waals surface area contributed by atoms with E-state index in [2.05, 4.69) is 10.1 Å². The number of likely N-dealkylation sites (N-methyl/N-ethyl adjacent to an activating group) is 1. The molecule has 0 aliphatic heterocycles. The number of nitrogens with zero attached hydrogens (tertiary/aromatic N) is 4. The van der Waals surface area contributed by atoms with Gasteiger partial charge in [0.25, 0.3) is 0 Å². The number of amides is 1. The number of pyridine rings is 1. The van der Waals surface area contributed by atoms with Gasteiger partial charge in [0, 0.05) is 37.6 Å². The van der Waals surface area contributed by atoms with Crippen LogP contribution in [0, 0.1) is 0 Å². The van der Waals surface area contributed by atoms with E-state index >= 15 is 0 Å². The number of carboxylic acids is 1. The van der Waals surface area contributed by atoms with Gasteiger partial charge >= 0.3 is 5.97 Å². The van der Waals surface area contributed by atoms with Crippen LogP contribution in [0.2, 0.25) is 0 Å². The minimum atomic E-state index is -0.912. The maximum Gasteiger partial charge on any atom is 0.309 e. The Labute approximate surface area is 121 Å². The van der Waals surface area contributed by atoms with Gasteiger partial charge in [0.05, 0.1) is 18.3 Å². The summed E-state index contributed by atoms with van der Waals surface area (Å²) in [4.78, 5) is 27.8. The average Bonchev–Trinajstić information content (AvgIpc) is 2.87. The smallest absolute Gasteiger partial charge is 0.309 e. The molecule has 7 heteroatoms. The minimum absolute atomic E-state index is 0.0421. The highest BCUT2D eigenvalue weighted by atomic mass is 16.4. The molecular formula is C14H16N4O3. The standard InChI is InChI=1S/C14H16N4O3/c1-17(2)13(19)9-18-8-11(7-16-18)10-3-4-12(15-6-10)5-14(20)21/h3-4,6-8H,5,9H2,1-2H3,(H,20,21). The topological polar surface area (TPSA) is 88.3 Å². The molecule has 2 aromatic heterocycles. The summed E-state index contributed by atoms with van der Waals surface area (Å²) >= 11 is 0. The SMILES string of the molecule is CN(C)C(=O)Cn1cc(-c2ccc(CC(=O)O)nc2)cn1. The summed E-state index contributed by atoms with van der Waals surface area (Å²) in [6.45, 7) is 0.178. The Hall–Kier alpha value is -2.70. The second-order valence-corrected chi connectivity index (χ2v) is 4.82. The molecular weight excluding hydrogens is 272 g/mol. The number of hydrogen-bond acceptors (Lipinski definition) is 4. The number of aromatic nitrogens is 3. The first kappa shape index (κ1) is 14.7. The van der Waals surface area contributed by atoms with Crippen LogP contribution in [0.1, 0.15) is 5.69 Å². The van der Waals surface area contributed by atoms with Gasteiger partial charge in [0.15, 0.2) is 0 Å². The second kappa shape index (κ2) is 6.17. The first-order chi connectivity index (χ1) is 9.95. The van der Waals surface area contributed by atoms with Gasteiger partial charge in [0.1, 0.15) is 6.54 Å². The fraction of sp³-hybridized carbons (Fsp3) is 0.286. The van der Waals surface area contributed by atoms with E-state index in [-0.39, 0.29) is 18.9 Å². The van der Waals surface area contributed by atoms with Crippen molar-refractivity contribution in [3.8, 4) is 11.1 Å². The van der Waals surface area contributed by atoms with Crippen LogP contribution in [-0.2, 0) is 22.6 Å². The van der Waals surface area contributed by atoms with E-state index in [9.17, 15) is 9.59 Å². The second-order valence-electron chi connectivity index (χ2n) is 4.82. The third-order valence-corrected chi connectivity index (χ3v) is 2.92. The first-order valence-corrected chi connectivity index (χ1v) is 6.35. The summed E-state index contributed by atoms with van der Waals surface area (Å²) < 4.78 is 1.56. The predicted octanol–water partition coefficient (Wildman–Crippen LogP) is 0.660. The zero-order valence-corrected chi connectivity index (χ0v) is 11.9. The number of carbonyl (C=O) groups excluding carboxylic acids is 1. The normalized spacial score (nSPS) is 10.4. The van der Waals surface area contributed by atoms with Crippen molar-refractivity contribution in [3.05, 3.63) is 36.4 Å². The number of carbonyl (C=O) groups is 2. The molecule has 0 saturated heterocycles. The highest BCUT2D eigenvalue weighted by Gasteiger charge is 2.08. The molecule has 0 atom stereocenters. The lowest BCUT2D eigenvalue weighted by molar-refractivity contribution is -0.136. The third-order valence-electron chi connectivity index (χ3n) is 2.92. The monoisotopic (exact) mass is 288 g/mol. The van der Waals surface area contributed by atoms with Gasteiger partial charge < -0.3 is 10.0 Å². The molecule has 1 amide bonds. The molecule has 0 aliphatic rings. The maximum atomic E-state index is 11.6. The van der Waals surface area contributed by atoms with Crippen LogP contribution in [0.25, 0.3) is 11.1 Å². The van der Waals surface area contributed by atoms with E-state index < -0.39 is 5.97 Å². The van der Waals surface area contributed by atoms with Crippen LogP contribution >= 0.6 is 0 Å². The summed E-state index contributed by atoms with van der Waals surface area (Å²) in [6.07, 6.45) is 4.91. The van der Waals surface area contributed by atoms with E-state index in [4.69, 9.17) is 5.11 Å². The quantitative estimate of drug-likeness (QED) is 0.873. The van der Waals surface area contributed by atoms with Crippen LogP contribution in [-0.4, -0.2) is 50.7 Å². The molecule has 7 nitrogen and oxygen atoms in total. The average molecular weight is 288 g/mol. The Bertz CT molecular complexity index is 646. The van der Waals surface area contributed by atoms with Crippen LogP contribution in [0.3, 0.4) is 0 Å². The van der Waals surface area contributed by atoms with Crippen molar-refractivity contribution in [2.75, 3.05) is 14.1 Å². The lowest BCUT2D eigenvalue weighted by atomic mass is 10.1. The van der Waals surface area contributed by atoms with Gasteiger partial charge in [-0.05, 0) is 6.07 Å². The van der Waals surface area contributed by atoms with E-state index in [0.717, 1.165) is 11.1 Å². The summed E-state index contributed by atoms with van der Waals surface area (Å²) in [5, 5.41) is 12.8. The van der Waals surface area contributed by atoms with Crippen molar-refractivity contribution in [1.82, 2.24) is 19.7 Å². The van der Waals surface area contributed by atoms with E-state index in [1.807, 2.05) is 0 Å². The predicted molar refractivity (Wildman–Crippen MR) is 75.5 cm³/mol. The molecule has 0 unspecified atom stereocenters. The summed E-state index contributed by atoms with van der Waals surface area (Å²) in [5.41, 5.74) is 2.16. The fourth-order valence-corrected chi connectivity index (χ4v) is 1.73. The van der Waals surface area contributed by atoms with Gasteiger partial charge in [-0.2, -0.15) is 5.10 Å². The summed E-state index contributed by atoms with van der Waals surface area (Å²) in [7, 11) is 3.38. The summed E-state index contributed by atoms with van der Waals surface area (Å²) in [5.74, 6) is -0.954. The van der Waals surface area contributed by atoms with E-state index in [1.165, 1.54) is 4.90 Å². The van der Waals surface area contributed by atoms with Crippen molar-refractivity contribution in [3.63, 3.8) is 0 Å². The Morgan fingerprint density at radius 1 is 1.24 bits per heavy atom. The zero-order chi connectivity index (χ0) is 15.4. The molecule has 2 heterocycles. The molecule has 21 heavy (non-hydrogen) atoms. The van der Waals surface area contributed by atoms with E-state index in [0.29, 0.717) is 5.69 Å². The summed E-state index contributed by atoms with van der Waals surface area (Å²) in [6, 6.07) is 3.46. The number of rotatable bonds is 5. The van der Waals surface area contributed by atoms with Gasteiger partial charge in [0.2, 0.25) is 5.91 Å². The molecule has 0 spiro atoms. The lowest BCUT2D eigenvalue weighted by Gasteiger charge is -2.09. The van der Waals surface area contributed by atoms with Gasteiger partial charge in [-0.1, -0.05) is 6.07 Å². The fourth-order valence-electron chi connectivity index (χ4n) is 1.73. The maximum absolute atomic E-state index is 11.6. The molecule has 110 valence electrons. The highest BCUT2D eigenvalue weighted by molar-refractivity contribution is 5.75. The van der Waals surface area contributed by atoms with Crippen molar-refractivity contribution in [1.29, 1.82) is 0 Å². The molecule has 0 radical (unpaired) electrons. The number of aliphatic carboxylic acids is 1. The van der Waals surface area contributed by atoms with Crippen LogP contribution < -0.4 is 0 Å². The Morgan fingerprint density at radius 2 is 2.00 bits per heavy atom. The number of carboxylic acid groups (broad SMARTS) is 1. The molecule has 0 saturated carbocycles. The van der Waals surface area contributed by atoms with Gasteiger partial charge in [-0.15, -0.1) is 0 Å². The van der Waals surface area contributed by atoms with Gasteiger partial charge in [-0.3, -0.25) is 19.3 Å². The number of hydrogen-bond donors (Lipinski definition) is 1. The molecule has 1 N–H and O–H groups in total. The van der Waals surface area contributed by atoms with Crippen LogP contribution in [0.15, 0.2) is 30.7 Å². The zero-order valence-electron chi connectivity index (χ0n) is 11.9. The Morgan fingerprint density at radius 3 is 2.57 bits per heavy atom. The van der Waals surface area contributed by atoms with E-state index in [1.54, 1.807) is 49.5 Å². The molecule has 2 rings (SSSR count). The van der Waals surface area contributed by atoms with Crippen LogP contribution in [0.4, 0.5) is 0 Å². The van der Waals surface area contributed by atoms with Crippen LogP contribution in [0.5, 0.6) is 0 Å². The third kappa shape index (κ3) is 3.88. The van der Waals surface area contributed by atoms with Crippen molar-refractivity contribution in [2.24, 2.45) is 0 Å². The molecule has 0 fully saturated rings. The van der Waals surface area contributed by atoms with Crippen molar-refractivity contribution in [2.45, 2.75) is 13.0 Å². The molecule has 2 aromatic rings. The molecule has 0 bridgehead atoms. The highest BCUT2D eigenvalue weighted by Crippen LogP contribution is 2.17. The largest absolute Gasteiger partial charge is 0.481 e. The van der Waals surface area contributed by atoms with Gasteiger partial charge in [-0.25, -0.2) is 0 Å². The minimum Gasteiger partial charge on any atom is -0.481 e. The first-order valence-electron chi connectivity index (χ1n) is 6.35. The van der Waals surface area contributed by atoms with Crippen molar-refractivity contribution >= 4 is 11.9 Å². The molecule has 0 aromatic carbocycles. The Kier molecular flexibility index (Phi) is 4.32. The Balaban J connectivity index is 2.10.